The lowest BCUT2D eigenvalue weighted by Gasteiger charge is -2.13. The van der Waals surface area contributed by atoms with Gasteiger partial charge < -0.3 is 4.74 Å². The van der Waals surface area contributed by atoms with Crippen LogP contribution in [0, 0.1) is 0 Å². The zero-order valence-electron chi connectivity index (χ0n) is 10.6. The molecule has 0 aliphatic rings. The number of hydrazine groups is 1. The molecule has 0 fully saturated rings. The Balaban J connectivity index is 2.45. The quantitative estimate of drug-likeness (QED) is 0.520. The highest BCUT2D eigenvalue weighted by molar-refractivity contribution is 5.95. The average Bonchev–Trinajstić information content (AvgIpc) is 2.45. The summed E-state index contributed by atoms with van der Waals surface area (Å²) in [6, 6.07) is 11.7. The molecule has 0 heterocycles. The number of halogens is 3. The first-order valence-corrected chi connectivity index (χ1v) is 5.87. The Morgan fingerprint density at radius 3 is 2.48 bits per heavy atom. The Morgan fingerprint density at radius 2 is 1.81 bits per heavy atom. The molecule has 0 bridgehead atoms. The number of nitrogens with one attached hydrogen (secondary N) is 1. The minimum Gasteiger partial charge on any atom is -0.405 e. The molecule has 2 aromatic carbocycles. The summed E-state index contributed by atoms with van der Waals surface area (Å²) in [5.74, 6) is 4.16. The fourth-order valence-electron chi connectivity index (χ4n) is 1.83. The molecule has 0 spiro atoms. The number of alkyl halides is 3. The molecule has 3 N–H and O–H groups in total. The number of hydrogen-bond acceptors (Lipinski definition) is 3. The van der Waals surface area contributed by atoms with E-state index in [9.17, 15) is 18.0 Å². The van der Waals surface area contributed by atoms with Gasteiger partial charge in [0.15, 0.2) is 0 Å². The van der Waals surface area contributed by atoms with Gasteiger partial charge >= 0.3 is 6.36 Å². The summed E-state index contributed by atoms with van der Waals surface area (Å²) in [5.41, 5.74) is 2.83. The zero-order valence-corrected chi connectivity index (χ0v) is 10.6. The van der Waals surface area contributed by atoms with Gasteiger partial charge in [-0.05, 0) is 23.8 Å². The average molecular weight is 296 g/mol. The first kappa shape index (κ1) is 14.9. The molecule has 0 aliphatic heterocycles. The fraction of sp³-hybridized carbons (Fsp3) is 0.0714. The molecule has 0 aliphatic carbocycles. The van der Waals surface area contributed by atoms with E-state index in [1.807, 2.05) is 5.43 Å². The van der Waals surface area contributed by atoms with Crippen LogP contribution in [0.3, 0.4) is 0 Å². The molecule has 1 amide bonds. The molecule has 2 rings (SSSR count). The molecule has 7 heteroatoms. The van der Waals surface area contributed by atoms with Crippen molar-refractivity contribution in [3.05, 3.63) is 54.1 Å². The lowest BCUT2D eigenvalue weighted by molar-refractivity contribution is -0.274. The van der Waals surface area contributed by atoms with Crippen molar-refractivity contribution in [1.82, 2.24) is 5.43 Å². The molecule has 0 atom stereocenters. The van der Waals surface area contributed by atoms with E-state index >= 15 is 0 Å². The van der Waals surface area contributed by atoms with Crippen LogP contribution in [0.1, 0.15) is 10.4 Å². The second kappa shape index (κ2) is 5.84. The van der Waals surface area contributed by atoms with Crippen LogP contribution < -0.4 is 16.0 Å². The van der Waals surface area contributed by atoms with E-state index in [2.05, 4.69) is 4.74 Å². The van der Waals surface area contributed by atoms with Gasteiger partial charge in [0.05, 0.1) is 0 Å². The summed E-state index contributed by atoms with van der Waals surface area (Å²) < 4.78 is 41.2. The van der Waals surface area contributed by atoms with Gasteiger partial charge in [-0.3, -0.25) is 10.2 Å². The van der Waals surface area contributed by atoms with Crippen LogP contribution in [-0.4, -0.2) is 12.3 Å². The van der Waals surface area contributed by atoms with Gasteiger partial charge in [0.2, 0.25) is 0 Å². The number of ether oxygens (including phenoxy) is 1. The summed E-state index contributed by atoms with van der Waals surface area (Å²) in [5, 5.41) is 0. The van der Waals surface area contributed by atoms with E-state index < -0.39 is 12.3 Å². The van der Waals surface area contributed by atoms with Crippen LogP contribution in [0.5, 0.6) is 5.75 Å². The highest BCUT2D eigenvalue weighted by Gasteiger charge is 2.32. The zero-order chi connectivity index (χ0) is 15.5. The predicted octanol–water partition coefficient (Wildman–Crippen LogP) is 2.86. The van der Waals surface area contributed by atoms with Crippen LogP contribution in [-0.2, 0) is 0 Å². The lowest BCUT2D eigenvalue weighted by Crippen LogP contribution is -2.29. The smallest absolute Gasteiger partial charge is 0.405 e. The van der Waals surface area contributed by atoms with Crippen molar-refractivity contribution in [3.63, 3.8) is 0 Å². The SMILES string of the molecule is NNC(=O)c1cccc(-c2ccccc2OC(F)(F)F)c1. The van der Waals surface area contributed by atoms with Crippen molar-refractivity contribution in [1.29, 1.82) is 0 Å². The summed E-state index contributed by atoms with van der Waals surface area (Å²) in [6.45, 7) is 0. The van der Waals surface area contributed by atoms with Gasteiger partial charge in [0, 0.05) is 11.1 Å². The van der Waals surface area contributed by atoms with E-state index in [4.69, 9.17) is 5.84 Å². The minimum atomic E-state index is -4.79. The van der Waals surface area contributed by atoms with Gasteiger partial charge in [0.25, 0.3) is 5.91 Å². The minimum absolute atomic E-state index is 0.224. The van der Waals surface area contributed by atoms with Crippen LogP contribution in [0.25, 0.3) is 11.1 Å². The van der Waals surface area contributed by atoms with Crippen LogP contribution in [0.15, 0.2) is 48.5 Å². The largest absolute Gasteiger partial charge is 0.573 e. The third-order valence-corrected chi connectivity index (χ3v) is 2.68. The highest BCUT2D eigenvalue weighted by atomic mass is 19.4. The Labute approximate surface area is 118 Å². The molecule has 0 unspecified atom stereocenters. The summed E-state index contributed by atoms with van der Waals surface area (Å²) >= 11 is 0. The van der Waals surface area contributed by atoms with Crippen molar-refractivity contribution < 1.29 is 22.7 Å². The fourth-order valence-corrected chi connectivity index (χ4v) is 1.83. The molecule has 0 saturated heterocycles. The number of nitrogen functional groups attached to an aromatic ring is 1. The molecule has 0 radical (unpaired) electrons. The number of carbonyl (C=O) groups is 1. The normalized spacial score (nSPS) is 11.0. The molecular weight excluding hydrogens is 285 g/mol. The Morgan fingerprint density at radius 1 is 1.10 bits per heavy atom. The van der Waals surface area contributed by atoms with Crippen molar-refractivity contribution in [2.75, 3.05) is 0 Å². The number of hydrogen-bond donors (Lipinski definition) is 2. The molecule has 0 saturated carbocycles. The number of benzene rings is 2. The van der Waals surface area contributed by atoms with Gasteiger partial charge in [0.1, 0.15) is 5.75 Å². The second-order valence-corrected chi connectivity index (χ2v) is 4.10. The van der Waals surface area contributed by atoms with Gasteiger partial charge in [-0.25, -0.2) is 5.84 Å². The van der Waals surface area contributed by atoms with E-state index in [1.54, 1.807) is 18.2 Å². The Kier molecular flexibility index (Phi) is 4.13. The second-order valence-electron chi connectivity index (χ2n) is 4.10. The number of carbonyl (C=O) groups excluding carboxylic acids is 1. The van der Waals surface area contributed by atoms with E-state index in [0.29, 0.717) is 5.56 Å². The molecule has 4 nitrogen and oxygen atoms in total. The van der Waals surface area contributed by atoms with Crippen LogP contribution in [0.2, 0.25) is 0 Å². The molecular formula is C14H11F3N2O2. The van der Waals surface area contributed by atoms with E-state index in [1.165, 1.54) is 30.3 Å². The lowest BCUT2D eigenvalue weighted by atomic mass is 10.0. The summed E-state index contributed by atoms with van der Waals surface area (Å²) in [4.78, 5) is 11.5. The Hall–Kier alpha value is -2.54. The highest BCUT2D eigenvalue weighted by Crippen LogP contribution is 2.33. The molecule has 0 aromatic heterocycles. The Bertz CT molecular complexity index is 657. The van der Waals surface area contributed by atoms with E-state index in [-0.39, 0.29) is 16.9 Å². The number of amides is 1. The maximum atomic E-state index is 12.4. The number of para-hydroxylation sites is 1. The van der Waals surface area contributed by atoms with E-state index in [0.717, 1.165) is 0 Å². The number of rotatable bonds is 3. The van der Waals surface area contributed by atoms with Gasteiger partial charge in [-0.1, -0.05) is 30.3 Å². The molecule has 2 aromatic rings. The first-order valence-electron chi connectivity index (χ1n) is 5.87. The maximum absolute atomic E-state index is 12.4. The summed E-state index contributed by atoms with van der Waals surface area (Å²) in [7, 11) is 0. The first-order chi connectivity index (χ1) is 9.90. The standard InChI is InChI=1S/C14H11F3N2O2/c15-14(16,17)21-12-7-2-1-6-11(12)9-4-3-5-10(8-9)13(20)19-18/h1-8H,18H2,(H,19,20). The van der Waals surface area contributed by atoms with Crippen LogP contribution >= 0.6 is 0 Å². The number of nitrogens with two attached hydrogens (primary N) is 1. The van der Waals surface area contributed by atoms with Gasteiger partial charge in [-0.15, -0.1) is 13.2 Å². The van der Waals surface area contributed by atoms with Crippen molar-refractivity contribution in [2.45, 2.75) is 6.36 Å². The topological polar surface area (TPSA) is 64.3 Å². The third kappa shape index (κ3) is 3.73. The maximum Gasteiger partial charge on any atom is 0.573 e. The van der Waals surface area contributed by atoms with Crippen LogP contribution in [0.4, 0.5) is 13.2 Å². The third-order valence-electron chi connectivity index (χ3n) is 2.68. The molecule has 21 heavy (non-hydrogen) atoms. The van der Waals surface area contributed by atoms with Gasteiger partial charge in [-0.2, -0.15) is 0 Å². The predicted molar refractivity (Wildman–Crippen MR) is 70.2 cm³/mol. The summed E-state index contributed by atoms with van der Waals surface area (Å²) in [6.07, 6.45) is -4.79. The molecule has 110 valence electrons. The van der Waals surface area contributed by atoms with Crippen molar-refractivity contribution >= 4 is 5.91 Å². The monoisotopic (exact) mass is 296 g/mol. The van der Waals surface area contributed by atoms with Crippen molar-refractivity contribution in [2.24, 2.45) is 5.84 Å². The van der Waals surface area contributed by atoms with Crippen molar-refractivity contribution in [3.8, 4) is 16.9 Å².